The van der Waals surface area contributed by atoms with Crippen LogP contribution in [0.15, 0.2) is 54.6 Å². The smallest absolute Gasteiger partial charge is 0.303 e. The number of benzene rings is 2. The molecule has 0 aliphatic carbocycles. The Hall–Kier alpha value is -2.09. The molecule has 21 heavy (non-hydrogen) atoms. The summed E-state index contributed by atoms with van der Waals surface area (Å²) in [4.78, 5) is 10.9. The van der Waals surface area contributed by atoms with E-state index in [0.717, 1.165) is 24.8 Å². The monoisotopic (exact) mass is 282 g/mol. The van der Waals surface area contributed by atoms with Gasteiger partial charge in [0.1, 0.15) is 0 Å². The second-order valence-electron chi connectivity index (χ2n) is 5.43. The van der Waals surface area contributed by atoms with Crippen LogP contribution in [0.2, 0.25) is 0 Å². The SMILES string of the molecule is CCC(CC(=O)O)c1ccc(CCc2ccccc2)cc1. The summed E-state index contributed by atoms with van der Waals surface area (Å²) in [6.07, 6.45) is 3.11. The normalized spacial score (nSPS) is 12.0. The molecule has 2 nitrogen and oxygen atoms in total. The van der Waals surface area contributed by atoms with Crippen molar-refractivity contribution in [2.45, 2.75) is 38.5 Å². The molecule has 0 spiro atoms. The zero-order chi connectivity index (χ0) is 15.1. The van der Waals surface area contributed by atoms with Gasteiger partial charge in [0.2, 0.25) is 0 Å². The minimum Gasteiger partial charge on any atom is -0.481 e. The Morgan fingerprint density at radius 2 is 1.52 bits per heavy atom. The van der Waals surface area contributed by atoms with Crippen molar-refractivity contribution in [1.82, 2.24) is 0 Å². The first-order chi connectivity index (χ1) is 10.2. The van der Waals surface area contributed by atoms with Crippen molar-refractivity contribution in [3.05, 3.63) is 71.3 Å². The van der Waals surface area contributed by atoms with Gasteiger partial charge in [0.15, 0.2) is 0 Å². The van der Waals surface area contributed by atoms with Crippen LogP contribution in [-0.2, 0) is 17.6 Å². The number of carboxylic acid groups (broad SMARTS) is 1. The number of carboxylic acids is 1. The van der Waals surface area contributed by atoms with Gasteiger partial charge in [-0.2, -0.15) is 0 Å². The van der Waals surface area contributed by atoms with Crippen LogP contribution in [0.5, 0.6) is 0 Å². The molecule has 0 aromatic heterocycles. The van der Waals surface area contributed by atoms with Gasteiger partial charge in [0, 0.05) is 0 Å². The fourth-order valence-electron chi connectivity index (χ4n) is 2.60. The van der Waals surface area contributed by atoms with Crippen LogP contribution in [0, 0.1) is 0 Å². The Labute approximate surface area is 126 Å². The maximum absolute atomic E-state index is 10.9. The van der Waals surface area contributed by atoms with Crippen LogP contribution in [0.4, 0.5) is 0 Å². The number of hydrogen-bond acceptors (Lipinski definition) is 1. The molecule has 0 aliphatic heterocycles. The highest BCUT2D eigenvalue weighted by Gasteiger charge is 2.13. The first-order valence-corrected chi connectivity index (χ1v) is 7.53. The van der Waals surface area contributed by atoms with Crippen molar-refractivity contribution >= 4 is 5.97 Å². The molecule has 0 fully saturated rings. The lowest BCUT2D eigenvalue weighted by Crippen LogP contribution is -2.05. The topological polar surface area (TPSA) is 37.3 Å². The summed E-state index contributed by atoms with van der Waals surface area (Å²) in [6, 6.07) is 18.9. The van der Waals surface area contributed by atoms with Gasteiger partial charge in [-0.15, -0.1) is 0 Å². The molecule has 2 aromatic rings. The van der Waals surface area contributed by atoms with Gasteiger partial charge in [0.05, 0.1) is 6.42 Å². The Kier molecular flexibility index (Phi) is 5.56. The van der Waals surface area contributed by atoms with Crippen molar-refractivity contribution in [2.75, 3.05) is 0 Å². The van der Waals surface area contributed by atoms with E-state index in [-0.39, 0.29) is 12.3 Å². The molecule has 0 amide bonds. The van der Waals surface area contributed by atoms with Crippen molar-refractivity contribution in [3.8, 4) is 0 Å². The Bertz CT molecular complexity index is 558. The molecule has 2 rings (SSSR count). The van der Waals surface area contributed by atoms with Gasteiger partial charge in [-0.3, -0.25) is 4.79 Å². The van der Waals surface area contributed by atoms with Crippen molar-refractivity contribution in [3.63, 3.8) is 0 Å². The molecular formula is C19H22O2. The molecule has 110 valence electrons. The molecule has 1 atom stereocenters. The lowest BCUT2D eigenvalue weighted by Gasteiger charge is -2.13. The molecule has 1 N–H and O–H groups in total. The first-order valence-electron chi connectivity index (χ1n) is 7.53. The minimum atomic E-state index is -0.727. The highest BCUT2D eigenvalue weighted by molar-refractivity contribution is 5.68. The molecule has 0 bridgehead atoms. The second kappa shape index (κ2) is 7.63. The fourth-order valence-corrected chi connectivity index (χ4v) is 2.60. The Morgan fingerprint density at radius 3 is 2.05 bits per heavy atom. The van der Waals surface area contributed by atoms with Crippen LogP contribution in [-0.4, -0.2) is 11.1 Å². The van der Waals surface area contributed by atoms with E-state index in [2.05, 4.69) is 48.5 Å². The minimum absolute atomic E-state index is 0.116. The lowest BCUT2D eigenvalue weighted by atomic mass is 9.92. The zero-order valence-corrected chi connectivity index (χ0v) is 12.5. The summed E-state index contributed by atoms with van der Waals surface area (Å²) in [5.74, 6) is -0.610. The van der Waals surface area contributed by atoms with E-state index in [4.69, 9.17) is 5.11 Å². The van der Waals surface area contributed by atoms with E-state index in [0.29, 0.717) is 0 Å². The highest BCUT2D eigenvalue weighted by atomic mass is 16.4. The number of rotatable bonds is 7. The summed E-state index contributed by atoms with van der Waals surface area (Å²) < 4.78 is 0. The molecule has 2 heteroatoms. The summed E-state index contributed by atoms with van der Waals surface area (Å²) in [7, 11) is 0. The fraction of sp³-hybridized carbons (Fsp3) is 0.316. The van der Waals surface area contributed by atoms with E-state index < -0.39 is 5.97 Å². The number of hydrogen-bond donors (Lipinski definition) is 1. The predicted octanol–water partition coefficient (Wildman–Crippen LogP) is 4.44. The van der Waals surface area contributed by atoms with E-state index in [1.165, 1.54) is 11.1 Å². The first kappa shape index (κ1) is 15.3. The largest absolute Gasteiger partial charge is 0.481 e. The highest BCUT2D eigenvalue weighted by Crippen LogP contribution is 2.23. The van der Waals surface area contributed by atoms with Crippen molar-refractivity contribution in [2.24, 2.45) is 0 Å². The summed E-state index contributed by atoms with van der Waals surface area (Å²) in [5, 5.41) is 8.94. The average molecular weight is 282 g/mol. The maximum Gasteiger partial charge on any atom is 0.303 e. The molecular weight excluding hydrogens is 260 g/mol. The number of carbonyl (C=O) groups is 1. The van der Waals surface area contributed by atoms with E-state index in [1.54, 1.807) is 0 Å². The summed E-state index contributed by atoms with van der Waals surface area (Å²) >= 11 is 0. The van der Waals surface area contributed by atoms with Gasteiger partial charge in [-0.1, -0.05) is 61.5 Å². The van der Waals surface area contributed by atoms with Crippen LogP contribution < -0.4 is 0 Å². The predicted molar refractivity (Wildman–Crippen MR) is 85.6 cm³/mol. The molecule has 0 radical (unpaired) electrons. The third-order valence-electron chi connectivity index (χ3n) is 3.91. The van der Waals surface area contributed by atoms with Gasteiger partial charge in [0.25, 0.3) is 0 Å². The molecule has 2 aromatic carbocycles. The quantitative estimate of drug-likeness (QED) is 0.815. The molecule has 0 heterocycles. The van der Waals surface area contributed by atoms with Gasteiger partial charge < -0.3 is 5.11 Å². The van der Waals surface area contributed by atoms with Crippen LogP contribution in [0.3, 0.4) is 0 Å². The Morgan fingerprint density at radius 1 is 0.952 bits per heavy atom. The van der Waals surface area contributed by atoms with Crippen molar-refractivity contribution in [1.29, 1.82) is 0 Å². The van der Waals surface area contributed by atoms with E-state index in [1.807, 2.05) is 13.0 Å². The standard InChI is InChI=1S/C19H22O2/c1-2-17(14-19(20)21)18-12-10-16(11-13-18)9-8-15-6-4-3-5-7-15/h3-7,10-13,17H,2,8-9,14H2,1H3,(H,20,21). The van der Waals surface area contributed by atoms with E-state index >= 15 is 0 Å². The number of aryl methyl sites for hydroxylation is 2. The second-order valence-corrected chi connectivity index (χ2v) is 5.43. The summed E-state index contributed by atoms with van der Waals surface area (Å²) in [6.45, 7) is 2.04. The molecule has 0 aliphatic rings. The van der Waals surface area contributed by atoms with Gasteiger partial charge in [-0.25, -0.2) is 0 Å². The molecule has 0 saturated carbocycles. The lowest BCUT2D eigenvalue weighted by molar-refractivity contribution is -0.137. The third-order valence-corrected chi connectivity index (χ3v) is 3.91. The van der Waals surface area contributed by atoms with Gasteiger partial charge in [-0.05, 0) is 41.9 Å². The maximum atomic E-state index is 10.9. The molecule has 0 saturated heterocycles. The third kappa shape index (κ3) is 4.75. The number of aliphatic carboxylic acids is 1. The van der Waals surface area contributed by atoms with Crippen LogP contribution in [0.1, 0.15) is 42.4 Å². The Balaban J connectivity index is 1.96. The molecule has 1 unspecified atom stereocenters. The zero-order valence-electron chi connectivity index (χ0n) is 12.5. The summed E-state index contributed by atoms with van der Waals surface area (Å²) in [5.41, 5.74) is 3.77. The van der Waals surface area contributed by atoms with Crippen LogP contribution in [0.25, 0.3) is 0 Å². The van der Waals surface area contributed by atoms with Gasteiger partial charge >= 0.3 is 5.97 Å². The van der Waals surface area contributed by atoms with E-state index in [9.17, 15) is 4.79 Å². The van der Waals surface area contributed by atoms with Crippen molar-refractivity contribution < 1.29 is 9.90 Å². The van der Waals surface area contributed by atoms with Crippen LogP contribution >= 0.6 is 0 Å². The average Bonchev–Trinajstić information content (AvgIpc) is 2.52.